The van der Waals surface area contributed by atoms with Gasteiger partial charge in [-0.25, -0.2) is 0 Å². The summed E-state index contributed by atoms with van der Waals surface area (Å²) in [6, 6.07) is 1.61. The Morgan fingerprint density at radius 2 is 2.45 bits per heavy atom. The van der Waals surface area contributed by atoms with Crippen LogP contribution in [0.25, 0.3) is 0 Å². The molecule has 0 saturated heterocycles. The average molecular weight is 174 g/mol. The van der Waals surface area contributed by atoms with Crippen LogP contribution >= 0.6 is 11.6 Å². The quantitative estimate of drug-likeness (QED) is 0.687. The van der Waals surface area contributed by atoms with Crippen molar-refractivity contribution in [3.8, 4) is 5.75 Å². The maximum absolute atomic E-state index is 8.46. The van der Waals surface area contributed by atoms with Crippen LogP contribution < -0.4 is 4.74 Å². The van der Waals surface area contributed by atoms with Gasteiger partial charge in [-0.2, -0.15) is 0 Å². The van der Waals surface area contributed by atoms with Crippen LogP contribution in [0.2, 0.25) is 5.02 Å². The lowest BCUT2D eigenvalue weighted by molar-refractivity contribution is 0.0975. The molecule has 0 aliphatic carbocycles. The molecule has 1 heterocycles. The van der Waals surface area contributed by atoms with Crippen molar-refractivity contribution in [3.05, 3.63) is 23.0 Å². The minimum Gasteiger partial charge on any atom is -0.464 e. The van der Waals surface area contributed by atoms with E-state index in [0.29, 0.717) is 16.5 Å². The lowest BCUT2D eigenvalue weighted by Gasteiger charge is -2.05. The molecule has 1 N–H and O–H groups in total. The number of ether oxygens (including phenoxy) is 1. The van der Waals surface area contributed by atoms with E-state index < -0.39 is 0 Å². The third-order valence-corrected chi connectivity index (χ3v) is 1.54. The van der Waals surface area contributed by atoms with Gasteiger partial charge in [-0.1, -0.05) is 11.6 Å². The molecular weight excluding hydrogens is 166 g/mol. The summed E-state index contributed by atoms with van der Waals surface area (Å²) in [5.74, 6) is 0.441. The van der Waals surface area contributed by atoms with E-state index in [1.807, 2.05) is 0 Å². The van der Waals surface area contributed by atoms with Gasteiger partial charge in [0.2, 0.25) is 0 Å². The fourth-order valence-electron chi connectivity index (χ4n) is 0.760. The summed E-state index contributed by atoms with van der Waals surface area (Å²) < 4.78 is 4.83. The van der Waals surface area contributed by atoms with Crippen molar-refractivity contribution in [2.45, 2.75) is 6.92 Å². The topological polar surface area (TPSA) is 42.4 Å². The van der Waals surface area contributed by atoms with Crippen LogP contribution in [0.3, 0.4) is 0 Å². The number of aryl methyl sites for hydroxylation is 1. The van der Waals surface area contributed by atoms with Crippen molar-refractivity contribution in [3.63, 3.8) is 0 Å². The van der Waals surface area contributed by atoms with Gasteiger partial charge in [0.1, 0.15) is 0 Å². The van der Waals surface area contributed by atoms with E-state index in [2.05, 4.69) is 4.98 Å². The smallest absolute Gasteiger partial charge is 0.186 e. The molecule has 0 bridgehead atoms. The molecule has 0 spiro atoms. The third kappa shape index (κ3) is 1.82. The van der Waals surface area contributed by atoms with Gasteiger partial charge in [0.05, 0.1) is 10.7 Å². The summed E-state index contributed by atoms with van der Waals surface area (Å²) in [6.45, 7) is 1.38. The lowest BCUT2D eigenvalue weighted by Crippen LogP contribution is -1.98. The van der Waals surface area contributed by atoms with Crippen LogP contribution in [0, 0.1) is 6.92 Å². The van der Waals surface area contributed by atoms with Gasteiger partial charge < -0.3 is 9.84 Å². The zero-order valence-electron chi connectivity index (χ0n) is 6.04. The van der Waals surface area contributed by atoms with Crippen LogP contribution in [0.15, 0.2) is 12.3 Å². The molecule has 0 atom stereocenters. The lowest BCUT2D eigenvalue weighted by atomic mass is 10.3. The first-order chi connectivity index (χ1) is 5.25. The first-order valence-corrected chi connectivity index (χ1v) is 3.48. The van der Waals surface area contributed by atoms with Gasteiger partial charge in [-0.15, -0.1) is 0 Å². The minimum absolute atomic E-state index is 0.383. The number of aliphatic hydroxyl groups excluding tert-OH is 1. The number of aromatic nitrogens is 1. The fraction of sp³-hybridized carbons (Fsp3) is 0.286. The maximum Gasteiger partial charge on any atom is 0.186 e. The molecule has 0 aliphatic heterocycles. The van der Waals surface area contributed by atoms with Crippen LogP contribution in [-0.2, 0) is 0 Å². The van der Waals surface area contributed by atoms with Gasteiger partial charge in [0, 0.05) is 6.20 Å². The highest BCUT2D eigenvalue weighted by Crippen LogP contribution is 2.25. The number of hydrogen-bond acceptors (Lipinski definition) is 3. The molecule has 0 aromatic carbocycles. The van der Waals surface area contributed by atoms with Crippen molar-refractivity contribution in [2.24, 2.45) is 0 Å². The second-order valence-corrected chi connectivity index (χ2v) is 2.39. The van der Waals surface area contributed by atoms with Crippen molar-refractivity contribution in [2.75, 3.05) is 6.79 Å². The highest BCUT2D eigenvalue weighted by molar-refractivity contribution is 6.32. The number of aliphatic hydroxyl groups is 1. The number of nitrogens with zero attached hydrogens (tertiary/aromatic N) is 1. The van der Waals surface area contributed by atoms with Gasteiger partial charge in [0.25, 0.3) is 0 Å². The SMILES string of the molecule is Cc1nccc(Cl)c1OCO. The van der Waals surface area contributed by atoms with Crippen molar-refractivity contribution in [1.82, 2.24) is 4.98 Å². The Balaban J connectivity index is 3.00. The zero-order chi connectivity index (χ0) is 8.27. The van der Waals surface area contributed by atoms with E-state index in [-0.39, 0.29) is 6.79 Å². The predicted molar refractivity (Wildman–Crippen MR) is 41.7 cm³/mol. The van der Waals surface area contributed by atoms with E-state index in [1.54, 1.807) is 19.2 Å². The van der Waals surface area contributed by atoms with E-state index in [9.17, 15) is 0 Å². The number of pyridine rings is 1. The first-order valence-electron chi connectivity index (χ1n) is 3.10. The Kier molecular flexibility index (Phi) is 2.68. The van der Waals surface area contributed by atoms with E-state index in [0.717, 1.165) is 0 Å². The highest BCUT2D eigenvalue weighted by Gasteiger charge is 2.04. The molecule has 1 aromatic heterocycles. The molecular formula is C7H8ClNO2. The summed E-state index contributed by atoms with van der Waals surface area (Å²) in [6.07, 6.45) is 1.59. The average Bonchev–Trinajstić information content (AvgIpc) is 1.97. The Hall–Kier alpha value is -0.800. The molecule has 4 heteroatoms. The second-order valence-electron chi connectivity index (χ2n) is 1.98. The van der Waals surface area contributed by atoms with Crippen LogP contribution in [0.1, 0.15) is 5.69 Å². The van der Waals surface area contributed by atoms with E-state index in [4.69, 9.17) is 21.4 Å². The Labute approximate surface area is 69.6 Å². The molecule has 0 saturated carbocycles. The number of rotatable bonds is 2. The van der Waals surface area contributed by atoms with Gasteiger partial charge in [-0.3, -0.25) is 4.98 Å². The van der Waals surface area contributed by atoms with E-state index in [1.165, 1.54) is 0 Å². The standard InChI is InChI=1S/C7H8ClNO2/c1-5-7(11-4-10)6(8)2-3-9-5/h2-3,10H,4H2,1H3. The Morgan fingerprint density at radius 1 is 1.73 bits per heavy atom. The normalized spacial score (nSPS) is 9.73. The summed E-state index contributed by atoms with van der Waals surface area (Å²) >= 11 is 5.73. The summed E-state index contributed by atoms with van der Waals surface area (Å²) in [5.41, 5.74) is 0.673. The van der Waals surface area contributed by atoms with Crippen LogP contribution in [0.4, 0.5) is 0 Å². The Morgan fingerprint density at radius 3 is 3.00 bits per heavy atom. The molecule has 3 nitrogen and oxygen atoms in total. The van der Waals surface area contributed by atoms with Crippen molar-refractivity contribution >= 4 is 11.6 Å². The highest BCUT2D eigenvalue weighted by atomic mass is 35.5. The summed E-state index contributed by atoms with van der Waals surface area (Å²) in [5, 5.41) is 8.92. The molecule has 0 radical (unpaired) electrons. The van der Waals surface area contributed by atoms with Gasteiger partial charge in [0.15, 0.2) is 12.5 Å². The molecule has 1 aromatic rings. The monoisotopic (exact) mass is 173 g/mol. The molecule has 0 amide bonds. The molecule has 0 unspecified atom stereocenters. The second kappa shape index (κ2) is 3.55. The van der Waals surface area contributed by atoms with Crippen LogP contribution in [0.5, 0.6) is 5.75 Å². The van der Waals surface area contributed by atoms with Crippen LogP contribution in [-0.4, -0.2) is 16.9 Å². The summed E-state index contributed by atoms with van der Waals surface area (Å²) in [7, 11) is 0. The maximum atomic E-state index is 8.46. The molecule has 0 aliphatic rings. The summed E-state index contributed by atoms with van der Waals surface area (Å²) in [4.78, 5) is 3.94. The number of halogens is 1. The molecule has 11 heavy (non-hydrogen) atoms. The zero-order valence-corrected chi connectivity index (χ0v) is 6.80. The molecule has 0 fully saturated rings. The Bertz CT molecular complexity index is 232. The molecule has 60 valence electrons. The fourth-order valence-corrected chi connectivity index (χ4v) is 1.01. The minimum atomic E-state index is -0.383. The first kappa shape index (κ1) is 8.30. The largest absolute Gasteiger partial charge is 0.464 e. The van der Waals surface area contributed by atoms with Gasteiger partial charge >= 0.3 is 0 Å². The van der Waals surface area contributed by atoms with Crippen molar-refractivity contribution in [1.29, 1.82) is 0 Å². The predicted octanol–water partition coefficient (Wildman–Crippen LogP) is 1.37. The number of hydrogen-bond donors (Lipinski definition) is 1. The van der Waals surface area contributed by atoms with E-state index >= 15 is 0 Å². The third-order valence-electron chi connectivity index (χ3n) is 1.24. The van der Waals surface area contributed by atoms with Gasteiger partial charge in [-0.05, 0) is 13.0 Å². The molecule has 1 rings (SSSR count). The van der Waals surface area contributed by atoms with Crippen molar-refractivity contribution < 1.29 is 9.84 Å².